The molecule has 1 aromatic rings. The number of hydrogen-bond donors (Lipinski definition) is 3. The molecular formula is C30H38F2O6. The van der Waals surface area contributed by atoms with Gasteiger partial charge in [-0.3, -0.25) is 4.79 Å². The fourth-order valence-corrected chi connectivity index (χ4v) is 4.17. The number of esters is 1. The Labute approximate surface area is 223 Å². The Hall–Kier alpha value is -3.10. The average molecular weight is 533 g/mol. The maximum Gasteiger partial charge on any atom is 0.331 e. The molecular weight excluding hydrogens is 494 g/mol. The molecule has 208 valence electrons. The van der Waals surface area contributed by atoms with E-state index in [2.05, 4.69) is 0 Å². The second-order valence-electron chi connectivity index (χ2n) is 9.82. The van der Waals surface area contributed by atoms with Gasteiger partial charge in [0.1, 0.15) is 6.10 Å². The summed E-state index contributed by atoms with van der Waals surface area (Å²) in [5.41, 5.74) is 2.88. The van der Waals surface area contributed by atoms with E-state index in [1.165, 1.54) is 0 Å². The Kier molecular flexibility index (Phi) is 12.6. The summed E-state index contributed by atoms with van der Waals surface area (Å²) in [5.74, 6) is -6.15. The van der Waals surface area contributed by atoms with Crippen molar-refractivity contribution in [2.75, 3.05) is 0 Å². The largest absolute Gasteiger partial charge is 0.481 e. The standard InChI is InChI=1S/C30H38F2O6/c1-21(13-15-23-10-6-4-7-11-23)14-16-26(34)30(31,32)27-20-25(33)17-22(2)9-5-3-8-12-24(18-28(35)36)19-29(37)38-27/h3-4,6-11,13,19,25-27,33-34H,5,12,14-18,20H2,1-2H3,(H,35,36)/b8-3+,21-13+,22-9+,24-19+/t25-,26-,27-/m1/s1. The molecule has 3 N–H and O–H groups in total. The van der Waals surface area contributed by atoms with Gasteiger partial charge in [0.25, 0.3) is 0 Å². The molecule has 0 saturated heterocycles. The number of cyclic esters (lactones) is 1. The van der Waals surface area contributed by atoms with Crippen molar-refractivity contribution < 1.29 is 38.4 Å². The van der Waals surface area contributed by atoms with E-state index in [0.29, 0.717) is 12.8 Å². The fraction of sp³-hybridized carbons (Fsp3) is 0.467. The summed E-state index contributed by atoms with van der Waals surface area (Å²) in [6.45, 7) is 3.56. The number of hydrogen-bond acceptors (Lipinski definition) is 5. The average Bonchev–Trinajstić information content (AvgIpc) is 2.84. The molecule has 0 aliphatic carbocycles. The highest BCUT2D eigenvalue weighted by atomic mass is 19.3. The summed E-state index contributed by atoms with van der Waals surface area (Å²) in [6, 6.07) is 9.66. The Balaban J connectivity index is 2.19. The zero-order valence-electron chi connectivity index (χ0n) is 22.0. The number of benzene rings is 1. The minimum Gasteiger partial charge on any atom is -0.481 e. The first-order valence-electron chi connectivity index (χ1n) is 12.8. The van der Waals surface area contributed by atoms with Crippen molar-refractivity contribution in [3.05, 3.63) is 83.0 Å². The first-order valence-corrected chi connectivity index (χ1v) is 12.8. The Morgan fingerprint density at radius 3 is 2.63 bits per heavy atom. The molecule has 0 aromatic heterocycles. The number of aliphatic hydroxyl groups is 2. The summed E-state index contributed by atoms with van der Waals surface area (Å²) in [6.07, 6.45) is 3.03. The second-order valence-corrected chi connectivity index (χ2v) is 9.82. The molecule has 0 spiro atoms. The topological polar surface area (TPSA) is 104 Å². The molecule has 1 aromatic carbocycles. The van der Waals surface area contributed by atoms with Crippen LogP contribution in [0.4, 0.5) is 8.78 Å². The summed E-state index contributed by atoms with van der Waals surface area (Å²) >= 11 is 0. The van der Waals surface area contributed by atoms with Crippen LogP contribution >= 0.6 is 0 Å². The lowest BCUT2D eigenvalue weighted by Gasteiger charge is -2.31. The van der Waals surface area contributed by atoms with Gasteiger partial charge in [-0.15, -0.1) is 0 Å². The number of carboxylic acids is 1. The Bertz CT molecular complexity index is 1040. The number of alkyl halides is 2. The predicted octanol–water partition coefficient (Wildman–Crippen LogP) is 5.70. The van der Waals surface area contributed by atoms with Crippen molar-refractivity contribution >= 4 is 11.9 Å². The third kappa shape index (κ3) is 11.1. The molecule has 1 aliphatic heterocycles. The summed E-state index contributed by atoms with van der Waals surface area (Å²) in [4.78, 5) is 23.7. The molecule has 0 fully saturated rings. The van der Waals surface area contributed by atoms with Crippen LogP contribution in [0.2, 0.25) is 0 Å². The van der Waals surface area contributed by atoms with E-state index in [9.17, 15) is 19.8 Å². The molecule has 38 heavy (non-hydrogen) atoms. The number of halogens is 2. The number of carbonyl (C=O) groups excluding carboxylic acids is 1. The van der Waals surface area contributed by atoms with Gasteiger partial charge in [0.05, 0.1) is 12.5 Å². The highest BCUT2D eigenvalue weighted by molar-refractivity contribution is 5.84. The molecule has 8 heteroatoms. The van der Waals surface area contributed by atoms with Crippen LogP contribution in [0.3, 0.4) is 0 Å². The number of carboxylic acid groups (broad SMARTS) is 1. The zero-order chi connectivity index (χ0) is 28.1. The first kappa shape index (κ1) is 31.1. The zero-order valence-corrected chi connectivity index (χ0v) is 22.0. The number of ether oxygens (including phenoxy) is 1. The fourth-order valence-electron chi connectivity index (χ4n) is 4.17. The van der Waals surface area contributed by atoms with Gasteiger partial charge in [-0.2, -0.15) is 8.78 Å². The number of aliphatic carboxylic acids is 1. The van der Waals surface area contributed by atoms with Gasteiger partial charge in [-0.1, -0.05) is 65.8 Å². The summed E-state index contributed by atoms with van der Waals surface area (Å²) in [5, 5.41) is 30.1. The number of carbonyl (C=O) groups is 2. The van der Waals surface area contributed by atoms with Crippen LogP contribution in [0.15, 0.2) is 77.4 Å². The highest BCUT2D eigenvalue weighted by Gasteiger charge is 2.49. The van der Waals surface area contributed by atoms with Gasteiger partial charge in [-0.25, -0.2) is 4.79 Å². The van der Waals surface area contributed by atoms with Crippen molar-refractivity contribution in [1.29, 1.82) is 0 Å². The molecule has 0 amide bonds. The van der Waals surface area contributed by atoms with Gasteiger partial charge >= 0.3 is 17.9 Å². The van der Waals surface area contributed by atoms with Crippen molar-refractivity contribution in [1.82, 2.24) is 0 Å². The van der Waals surface area contributed by atoms with Crippen LogP contribution in [-0.2, 0) is 20.7 Å². The highest BCUT2D eigenvalue weighted by Crippen LogP contribution is 2.33. The van der Waals surface area contributed by atoms with Gasteiger partial charge in [0, 0.05) is 12.5 Å². The molecule has 0 unspecified atom stereocenters. The summed E-state index contributed by atoms with van der Waals surface area (Å²) < 4.78 is 35.9. The molecule has 2 rings (SSSR count). The minimum absolute atomic E-state index is 0.107. The van der Waals surface area contributed by atoms with Crippen molar-refractivity contribution in [2.45, 2.75) is 89.4 Å². The van der Waals surface area contributed by atoms with Crippen LogP contribution in [-0.4, -0.2) is 51.5 Å². The molecule has 1 aliphatic rings. The smallest absolute Gasteiger partial charge is 0.331 e. The molecule has 0 saturated carbocycles. The lowest BCUT2D eigenvalue weighted by Crippen LogP contribution is -2.48. The van der Waals surface area contributed by atoms with E-state index in [1.807, 2.05) is 42.5 Å². The Morgan fingerprint density at radius 1 is 1.24 bits per heavy atom. The first-order chi connectivity index (χ1) is 18.0. The third-order valence-corrected chi connectivity index (χ3v) is 6.37. The lowest BCUT2D eigenvalue weighted by atomic mass is 9.94. The quantitative estimate of drug-likeness (QED) is 0.278. The van der Waals surface area contributed by atoms with Gasteiger partial charge < -0.3 is 20.1 Å². The Morgan fingerprint density at radius 2 is 1.95 bits per heavy atom. The second kappa shape index (κ2) is 15.3. The van der Waals surface area contributed by atoms with Crippen molar-refractivity contribution in [2.24, 2.45) is 0 Å². The molecule has 3 atom stereocenters. The third-order valence-electron chi connectivity index (χ3n) is 6.37. The van der Waals surface area contributed by atoms with Crippen molar-refractivity contribution in [3.8, 4) is 0 Å². The molecule has 0 bridgehead atoms. The van der Waals surface area contributed by atoms with Crippen LogP contribution in [0.5, 0.6) is 0 Å². The van der Waals surface area contributed by atoms with Gasteiger partial charge in [-0.05, 0) is 63.5 Å². The van der Waals surface area contributed by atoms with Crippen LogP contribution in [0.25, 0.3) is 0 Å². The number of allylic oxidation sites excluding steroid dienone is 5. The molecule has 1 heterocycles. The van der Waals surface area contributed by atoms with Crippen molar-refractivity contribution in [3.63, 3.8) is 0 Å². The van der Waals surface area contributed by atoms with E-state index in [4.69, 9.17) is 9.84 Å². The minimum atomic E-state index is -3.84. The van der Waals surface area contributed by atoms with Crippen LogP contribution in [0, 0.1) is 0 Å². The molecule has 6 nitrogen and oxygen atoms in total. The predicted molar refractivity (Wildman–Crippen MR) is 142 cm³/mol. The van der Waals surface area contributed by atoms with E-state index in [0.717, 1.165) is 22.8 Å². The van der Waals surface area contributed by atoms with E-state index in [1.54, 1.807) is 26.0 Å². The van der Waals surface area contributed by atoms with Gasteiger partial charge in [0.15, 0.2) is 6.10 Å². The maximum absolute atomic E-state index is 15.4. The number of rotatable bonds is 9. The SMILES string of the molecule is C/C(=C\Cc1ccccc1)CC[C@@H](O)C(F)(F)[C@H]1C[C@H](O)C/C(C)=C/C/C=C/C/C(CC(=O)O)=C\C(=O)O1. The van der Waals surface area contributed by atoms with E-state index >= 15 is 8.78 Å². The summed E-state index contributed by atoms with van der Waals surface area (Å²) in [7, 11) is 0. The number of aliphatic hydroxyl groups excluding tert-OH is 2. The van der Waals surface area contributed by atoms with E-state index in [-0.39, 0.29) is 31.3 Å². The normalized spacial score (nSPS) is 24.7. The molecule has 0 radical (unpaired) electrons. The van der Waals surface area contributed by atoms with Gasteiger partial charge in [0.2, 0.25) is 0 Å². The van der Waals surface area contributed by atoms with E-state index < -0.39 is 49.0 Å². The maximum atomic E-state index is 15.4. The van der Waals surface area contributed by atoms with Crippen LogP contribution < -0.4 is 0 Å². The van der Waals surface area contributed by atoms with Crippen LogP contribution in [0.1, 0.15) is 64.4 Å². The monoisotopic (exact) mass is 532 g/mol. The lowest BCUT2D eigenvalue weighted by molar-refractivity contribution is -0.203.